The number of rotatable bonds is 2. The Kier molecular flexibility index (Phi) is 2.99. The molecule has 0 saturated carbocycles. The van der Waals surface area contributed by atoms with Gasteiger partial charge in [-0.05, 0) is 29.4 Å². The van der Waals surface area contributed by atoms with E-state index in [2.05, 4.69) is 44.3 Å². The van der Waals surface area contributed by atoms with Crippen LogP contribution in [-0.4, -0.2) is 6.54 Å². The van der Waals surface area contributed by atoms with E-state index in [-0.39, 0.29) is 0 Å². The summed E-state index contributed by atoms with van der Waals surface area (Å²) in [5.74, 6) is 1.44. The molecule has 0 spiro atoms. The van der Waals surface area contributed by atoms with Crippen molar-refractivity contribution in [3.05, 3.63) is 29.3 Å². The average Bonchev–Trinajstić information content (AvgIpc) is 2.27. The van der Waals surface area contributed by atoms with Crippen molar-refractivity contribution in [3.63, 3.8) is 0 Å². The molecular formula is C14H21N. The zero-order valence-electron chi connectivity index (χ0n) is 10.0. The van der Waals surface area contributed by atoms with Gasteiger partial charge >= 0.3 is 0 Å². The minimum Gasteiger partial charge on any atom is -0.384 e. The predicted octanol–water partition coefficient (Wildman–Crippen LogP) is 3.80. The zero-order valence-corrected chi connectivity index (χ0v) is 10.0. The lowest BCUT2D eigenvalue weighted by Gasteiger charge is -2.28. The third kappa shape index (κ3) is 2.01. The van der Waals surface area contributed by atoms with Crippen LogP contribution < -0.4 is 5.32 Å². The molecule has 1 aromatic carbocycles. The molecule has 0 radical (unpaired) electrons. The molecule has 1 aliphatic heterocycles. The van der Waals surface area contributed by atoms with Gasteiger partial charge in [-0.3, -0.25) is 0 Å². The van der Waals surface area contributed by atoms with Crippen LogP contribution in [0.1, 0.15) is 44.2 Å². The number of hydrogen-bond donors (Lipinski definition) is 1. The van der Waals surface area contributed by atoms with E-state index in [0.717, 1.165) is 12.5 Å². The molecule has 1 unspecified atom stereocenters. The van der Waals surface area contributed by atoms with E-state index in [1.54, 1.807) is 0 Å². The van der Waals surface area contributed by atoms with Crippen molar-refractivity contribution < 1.29 is 0 Å². The number of para-hydroxylation sites is 1. The molecule has 15 heavy (non-hydrogen) atoms. The van der Waals surface area contributed by atoms with Crippen molar-refractivity contribution in [1.29, 1.82) is 0 Å². The Hall–Kier alpha value is -0.980. The first-order chi connectivity index (χ1) is 7.22. The monoisotopic (exact) mass is 203 g/mol. The van der Waals surface area contributed by atoms with Crippen molar-refractivity contribution in [2.24, 2.45) is 5.92 Å². The van der Waals surface area contributed by atoms with Crippen LogP contribution in [-0.2, 0) is 6.42 Å². The van der Waals surface area contributed by atoms with E-state index in [0.29, 0.717) is 5.92 Å². The Morgan fingerprint density at radius 2 is 2.20 bits per heavy atom. The van der Waals surface area contributed by atoms with Crippen molar-refractivity contribution >= 4 is 5.69 Å². The van der Waals surface area contributed by atoms with Crippen LogP contribution in [0.4, 0.5) is 5.69 Å². The van der Waals surface area contributed by atoms with Gasteiger partial charge in [-0.25, -0.2) is 0 Å². The topological polar surface area (TPSA) is 12.0 Å². The third-order valence-electron chi connectivity index (χ3n) is 3.46. The van der Waals surface area contributed by atoms with Gasteiger partial charge in [0.2, 0.25) is 0 Å². The second kappa shape index (κ2) is 4.26. The van der Waals surface area contributed by atoms with E-state index in [9.17, 15) is 0 Å². The highest BCUT2D eigenvalue weighted by Gasteiger charge is 2.19. The summed E-state index contributed by atoms with van der Waals surface area (Å²) in [4.78, 5) is 0. The average molecular weight is 203 g/mol. The number of anilines is 1. The number of nitrogens with one attached hydrogen (secondary N) is 1. The minimum atomic E-state index is 0.616. The van der Waals surface area contributed by atoms with Crippen molar-refractivity contribution in [2.75, 3.05) is 11.9 Å². The Morgan fingerprint density at radius 1 is 1.40 bits per heavy atom. The summed E-state index contributed by atoms with van der Waals surface area (Å²) in [6.07, 6.45) is 2.53. The molecule has 1 nitrogen and oxygen atoms in total. The van der Waals surface area contributed by atoms with Gasteiger partial charge in [-0.15, -0.1) is 0 Å². The largest absolute Gasteiger partial charge is 0.384 e. The molecule has 0 fully saturated rings. The summed E-state index contributed by atoms with van der Waals surface area (Å²) in [6, 6.07) is 6.73. The summed E-state index contributed by atoms with van der Waals surface area (Å²) in [7, 11) is 0. The fraction of sp³-hybridized carbons (Fsp3) is 0.571. The Morgan fingerprint density at radius 3 is 2.87 bits per heavy atom. The van der Waals surface area contributed by atoms with E-state index in [4.69, 9.17) is 0 Å². The highest BCUT2D eigenvalue weighted by atomic mass is 14.9. The summed E-state index contributed by atoms with van der Waals surface area (Å²) in [5.41, 5.74) is 4.40. The number of benzene rings is 1. The maximum atomic E-state index is 3.61. The molecular weight excluding hydrogens is 182 g/mol. The summed E-state index contributed by atoms with van der Waals surface area (Å²) in [6.45, 7) is 7.96. The highest BCUT2D eigenvalue weighted by Crippen LogP contribution is 2.33. The van der Waals surface area contributed by atoms with Crippen LogP contribution in [0.15, 0.2) is 18.2 Å². The first-order valence-electron chi connectivity index (χ1n) is 6.08. The second-order valence-electron chi connectivity index (χ2n) is 4.90. The third-order valence-corrected chi connectivity index (χ3v) is 3.46. The van der Waals surface area contributed by atoms with E-state index >= 15 is 0 Å². The van der Waals surface area contributed by atoms with E-state index in [1.807, 2.05) is 0 Å². The maximum Gasteiger partial charge on any atom is 0.0408 e. The summed E-state index contributed by atoms with van der Waals surface area (Å²) in [5, 5.41) is 3.61. The standard InChI is InChI=1S/C14H21N/c1-4-11-8-12-6-5-7-13(10(2)3)14(12)15-9-11/h5-7,10-11,15H,4,8-9H2,1-3H3. The van der Waals surface area contributed by atoms with Gasteiger partial charge in [0.05, 0.1) is 0 Å². The normalized spacial score (nSPS) is 19.9. The molecule has 82 valence electrons. The maximum absolute atomic E-state index is 3.61. The van der Waals surface area contributed by atoms with Crippen LogP contribution in [0, 0.1) is 5.92 Å². The Balaban J connectivity index is 2.33. The van der Waals surface area contributed by atoms with Crippen molar-refractivity contribution in [2.45, 2.75) is 39.5 Å². The molecule has 0 amide bonds. The van der Waals surface area contributed by atoms with Crippen molar-refractivity contribution in [3.8, 4) is 0 Å². The van der Waals surface area contributed by atoms with Gasteiger partial charge in [-0.2, -0.15) is 0 Å². The van der Waals surface area contributed by atoms with Gasteiger partial charge in [0.1, 0.15) is 0 Å². The molecule has 1 N–H and O–H groups in total. The lowest BCUT2D eigenvalue weighted by Crippen LogP contribution is -2.23. The molecule has 0 aliphatic carbocycles. The van der Waals surface area contributed by atoms with Gasteiger partial charge in [0.25, 0.3) is 0 Å². The smallest absolute Gasteiger partial charge is 0.0408 e. The fourth-order valence-corrected chi connectivity index (χ4v) is 2.41. The first-order valence-corrected chi connectivity index (χ1v) is 6.08. The second-order valence-corrected chi connectivity index (χ2v) is 4.90. The van der Waals surface area contributed by atoms with E-state index < -0.39 is 0 Å². The van der Waals surface area contributed by atoms with Crippen LogP contribution in [0.25, 0.3) is 0 Å². The lowest BCUT2D eigenvalue weighted by atomic mass is 9.88. The fourth-order valence-electron chi connectivity index (χ4n) is 2.41. The summed E-state index contributed by atoms with van der Waals surface area (Å²) >= 11 is 0. The first kappa shape index (κ1) is 10.5. The van der Waals surface area contributed by atoms with Gasteiger partial charge < -0.3 is 5.32 Å². The molecule has 1 aromatic rings. The SMILES string of the molecule is CCC1CNc2c(cccc2C(C)C)C1. The van der Waals surface area contributed by atoms with Gasteiger partial charge in [0, 0.05) is 12.2 Å². The Labute approximate surface area is 92.9 Å². The molecule has 0 aromatic heterocycles. The Bertz CT molecular complexity index is 341. The van der Waals surface area contributed by atoms with Crippen molar-refractivity contribution in [1.82, 2.24) is 0 Å². The molecule has 0 saturated heterocycles. The molecule has 0 bridgehead atoms. The molecule has 1 aliphatic rings. The van der Waals surface area contributed by atoms with Crippen LogP contribution in [0.5, 0.6) is 0 Å². The number of hydrogen-bond acceptors (Lipinski definition) is 1. The summed E-state index contributed by atoms with van der Waals surface area (Å²) < 4.78 is 0. The van der Waals surface area contributed by atoms with Gasteiger partial charge in [0.15, 0.2) is 0 Å². The lowest BCUT2D eigenvalue weighted by molar-refractivity contribution is 0.519. The quantitative estimate of drug-likeness (QED) is 0.770. The number of fused-ring (bicyclic) bond motifs is 1. The molecule has 1 atom stereocenters. The zero-order chi connectivity index (χ0) is 10.8. The van der Waals surface area contributed by atoms with Gasteiger partial charge in [-0.1, -0.05) is 45.4 Å². The molecule has 1 heterocycles. The van der Waals surface area contributed by atoms with Crippen LogP contribution >= 0.6 is 0 Å². The molecule has 2 rings (SSSR count). The highest BCUT2D eigenvalue weighted by molar-refractivity contribution is 5.60. The van der Waals surface area contributed by atoms with E-state index in [1.165, 1.54) is 29.7 Å². The minimum absolute atomic E-state index is 0.616. The van der Waals surface area contributed by atoms with Crippen LogP contribution in [0.2, 0.25) is 0 Å². The predicted molar refractivity (Wildman–Crippen MR) is 66.5 cm³/mol. The molecule has 1 heteroatoms. The van der Waals surface area contributed by atoms with Crippen LogP contribution in [0.3, 0.4) is 0 Å².